The fraction of sp³-hybridized carbons (Fsp3) is 0.148. The molecule has 4 rings (SSSR count). The van der Waals surface area contributed by atoms with E-state index in [0.29, 0.717) is 34.7 Å². The Kier molecular flexibility index (Phi) is 8.58. The smallest absolute Gasteiger partial charge is 0.276 e. The van der Waals surface area contributed by atoms with Crippen molar-refractivity contribution in [3.05, 3.63) is 114 Å². The molecule has 0 fully saturated rings. The van der Waals surface area contributed by atoms with Gasteiger partial charge in [0.05, 0.1) is 28.9 Å². The molecule has 1 aliphatic rings. The van der Waals surface area contributed by atoms with Gasteiger partial charge in [-0.2, -0.15) is 0 Å². The molecule has 3 aromatic rings. The van der Waals surface area contributed by atoms with Gasteiger partial charge >= 0.3 is 0 Å². The molecule has 39 heavy (non-hydrogen) atoms. The van der Waals surface area contributed by atoms with Crippen molar-refractivity contribution in [3.63, 3.8) is 0 Å². The van der Waals surface area contributed by atoms with Gasteiger partial charge in [-0.15, -0.1) is 4.91 Å². The first-order valence-electron chi connectivity index (χ1n) is 11.7. The Morgan fingerprint density at radius 2 is 2.00 bits per heavy atom. The summed E-state index contributed by atoms with van der Waals surface area (Å²) in [7, 11) is 1.48. The van der Waals surface area contributed by atoms with Crippen LogP contribution in [0.1, 0.15) is 23.6 Å². The number of nitrogens with one attached hydrogen (secondary N) is 2. The van der Waals surface area contributed by atoms with Crippen LogP contribution in [0.5, 0.6) is 0 Å². The largest absolute Gasteiger partial charge is 0.384 e. The van der Waals surface area contributed by atoms with Crippen LogP contribution in [-0.4, -0.2) is 34.0 Å². The number of aromatic amines is 1. The first-order chi connectivity index (χ1) is 18.7. The van der Waals surface area contributed by atoms with Crippen LogP contribution in [0.3, 0.4) is 0 Å². The highest BCUT2D eigenvalue weighted by molar-refractivity contribution is 6.36. The molecule has 1 atom stereocenters. The summed E-state index contributed by atoms with van der Waals surface area (Å²) in [6.07, 6.45) is 6.80. The molecule has 1 heterocycles. The molecule has 0 saturated heterocycles. The summed E-state index contributed by atoms with van der Waals surface area (Å²) in [5, 5.41) is 9.39. The second-order valence-corrected chi connectivity index (χ2v) is 9.40. The minimum Gasteiger partial charge on any atom is -0.384 e. The number of benzene rings is 2. The first kappa shape index (κ1) is 27.7. The zero-order chi connectivity index (χ0) is 28.1. The van der Waals surface area contributed by atoms with E-state index in [1.165, 1.54) is 54.2 Å². The quantitative estimate of drug-likeness (QED) is 0.209. The SMILES string of the molecule is CN/C(=C\c1c(-c2ccc(Cl)cc2Cl)[nH]n(C2C=CC(N=O)=CC2)c1=O)C(=O)N(C=O)Cc1ccc(F)cc1. The van der Waals surface area contributed by atoms with E-state index < -0.39 is 23.3 Å². The molecule has 1 unspecified atom stereocenters. The maximum Gasteiger partial charge on any atom is 0.276 e. The highest BCUT2D eigenvalue weighted by Gasteiger charge is 2.24. The predicted octanol–water partition coefficient (Wildman–Crippen LogP) is 5.19. The van der Waals surface area contributed by atoms with Gasteiger partial charge in [0.15, 0.2) is 0 Å². The zero-order valence-corrected chi connectivity index (χ0v) is 22.0. The third-order valence-electron chi connectivity index (χ3n) is 6.09. The number of allylic oxidation sites excluding steroid dienone is 3. The summed E-state index contributed by atoms with van der Waals surface area (Å²) in [6.45, 7) is -0.110. The summed E-state index contributed by atoms with van der Waals surface area (Å²) in [4.78, 5) is 50.5. The number of hydrogen-bond acceptors (Lipinski definition) is 6. The minimum absolute atomic E-state index is 0.0506. The van der Waals surface area contributed by atoms with Crippen LogP contribution in [0.15, 0.2) is 82.1 Å². The van der Waals surface area contributed by atoms with E-state index in [-0.39, 0.29) is 28.5 Å². The molecule has 9 nitrogen and oxygen atoms in total. The molecule has 0 radical (unpaired) electrons. The highest BCUT2D eigenvalue weighted by Crippen LogP contribution is 2.32. The number of carbonyl (C=O) groups is 2. The number of nitrogens with zero attached hydrogens (tertiary/aromatic N) is 3. The van der Waals surface area contributed by atoms with Crippen LogP contribution in [0.2, 0.25) is 10.0 Å². The van der Waals surface area contributed by atoms with E-state index in [2.05, 4.69) is 15.6 Å². The fourth-order valence-corrected chi connectivity index (χ4v) is 4.58. The van der Waals surface area contributed by atoms with Crippen LogP contribution < -0.4 is 10.9 Å². The van der Waals surface area contributed by atoms with Gasteiger partial charge in [0, 0.05) is 17.6 Å². The first-order valence-corrected chi connectivity index (χ1v) is 12.4. The third-order valence-corrected chi connectivity index (χ3v) is 6.64. The third kappa shape index (κ3) is 6.08. The zero-order valence-electron chi connectivity index (χ0n) is 20.5. The van der Waals surface area contributed by atoms with Crippen molar-refractivity contribution in [2.45, 2.75) is 19.0 Å². The molecule has 1 aliphatic carbocycles. The Balaban J connectivity index is 1.78. The van der Waals surface area contributed by atoms with E-state index in [0.717, 1.165) is 4.90 Å². The Bertz CT molecular complexity index is 1570. The fourth-order valence-electron chi connectivity index (χ4n) is 4.07. The molecular weight excluding hydrogens is 548 g/mol. The molecule has 2 N–H and O–H groups in total. The van der Waals surface area contributed by atoms with Crippen LogP contribution in [0.25, 0.3) is 17.3 Å². The highest BCUT2D eigenvalue weighted by atomic mass is 35.5. The number of likely N-dealkylation sites (N-methyl/N-ethyl adjacent to an activating group) is 1. The minimum atomic E-state index is -0.709. The normalized spacial score (nSPS) is 15.0. The Morgan fingerprint density at radius 1 is 1.26 bits per heavy atom. The number of imide groups is 1. The molecule has 0 aliphatic heterocycles. The molecule has 12 heteroatoms. The Hall–Kier alpha value is -4.28. The second kappa shape index (κ2) is 12.1. The van der Waals surface area contributed by atoms with Crippen molar-refractivity contribution >= 4 is 41.6 Å². The lowest BCUT2D eigenvalue weighted by Crippen LogP contribution is -2.34. The molecule has 2 aromatic carbocycles. The lowest BCUT2D eigenvalue weighted by atomic mass is 10.1. The van der Waals surface area contributed by atoms with Crippen LogP contribution in [0.4, 0.5) is 4.39 Å². The monoisotopic (exact) mass is 569 g/mol. The van der Waals surface area contributed by atoms with E-state index in [1.54, 1.807) is 24.3 Å². The number of aromatic nitrogens is 2. The number of carbonyl (C=O) groups excluding carboxylic acids is 2. The predicted molar refractivity (Wildman–Crippen MR) is 147 cm³/mol. The van der Waals surface area contributed by atoms with Gasteiger partial charge < -0.3 is 5.32 Å². The summed E-state index contributed by atoms with van der Waals surface area (Å²) in [5.74, 6) is -1.16. The summed E-state index contributed by atoms with van der Waals surface area (Å²) in [5.41, 5.74) is 1.13. The van der Waals surface area contributed by atoms with Gasteiger partial charge in [0.2, 0.25) is 6.41 Å². The number of amides is 2. The van der Waals surface area contributed by atoms with Crippen molar-refractivity contribution in [1.29, 1.82) is 0 Å². The van der Waals surface area contributed by atoms with Gasteiger partial charge in [-0.25, -0.2) is 9.07 Å². The average Bonchev–Trinajstić information content (AvgIpc) is 3.26. The summed E-state index contributed by atoms with van der Waals surface area (Å²) >= 11 is 12.5. The molecule has 0 saturated carbocycles. The Morgan fingerprint density at radius 3 is 2.59 bits per heavy atom. The standard InChI is InChI=1S/C27H22Cl2FN5O4/c1-31-24(27(38)34(15-36)14-16-2-5-18(30)6-3-16)13-22-25(21-11-4-17(28)12-23(21)29)32-35(26(22)37)20-9-7-19(33-39)8-10-20/h2-9,11-13,15,20,31-32H,10,14H2,1H3/b24-13-. The summed E-state index contributed by atoms with van der Waals surface area (Å²) in [6, 6.07) is 9.68. The topological polar surface area (TPSA) is 117 Å². The molecule has 0 bridgehead atoms. The Labute approximate surface area is 232 Å². The molecule has 1 aromatic heterocycles. The lowest BCUT2D eigenvalue weighted by molar-refractivity contribution is -0.136. The van der Waals surface area contributed by atoms with Gasteiger partial charge in [0.1, 0.15) is 17.2 Å². The molecule has 0 spiro atoms. The van der Waals surface area contributed by atoms with Crippen molar-refractivity contribution < 1.29 is 14.0 Å². The van der Waals surface area contributed by atoms with Crippen LogP contribution in [-0.2, 0) is 16.1 Å². The van der Waals surface area contributed by atoms with Crippen molar-refractivity contribution in [2.24, 2.45) is 5.18 Å². The molecule has 2 amide bonds. The molecular formula is C27H22Cl2FN5O4. The van der Waals surface area contributed by atoms with E-state index in [1.807, 2.05) is 0 Å². The number of rotatable bonds is 9. The lowest BCUT2D eigenvalue weighted by Gasteiger charge is -2.17. The number of nitroso groups, excluding NO2 is 1. The van der Waals surface area contributed by atoms with E-state index >= 15 is 0 Å². The van der Waals surface area contributed by atoms with Gasteiger partial charge in [0.25, 0.3) is 11.5 Å². The van der Waals surface area contributed by atoms with Crippen LogP contribution >= 0.6 is 23.2 Å². The van der Waals surface area contributed by atoms with Crippen molar-refractivity contribution in [2.75, 3.05) is 7.05 Å². The van der Waals surface area contributed by atoms with E-state index in [9.17, 15) is 23.7 Å². The van der Waals surface area contributed by atoms with Gasteiger partial charge in [-0.05, 0) is 59.6 Å². The number of halogens is 3. The van der Waals surface area contributed by atoms with Crippen LogP contribution in [0, 0.1) is 10.7 Å². The van der Waals surface area contributed by atoms with Crippen molar-refractivity contribution in [3.8, 4) is 11.3 Å². The maximum atomic E-state index is 13.6. The maximum absolute atomic E-state index is 13.6. The second-order valence-electron chi connectivity index (χ2n) is 8.56. The number of hydrogen-bond donors (Lipinski definition) is 2. The van der Waals surface area contributed by atoms with E-state index in [4.69, 9.17) is 23.2 Å². The van der Waals surface area contributed by atoms with Gasteiger partial charge in [-0.1, -0.05) is 47.5 Å². The van der Waals surface area contributed by atoms with Gasteiger partial charge in [-0.3, -0.25) is 24.4 Å². The molecule has 200 valence electrons. The summed E-state index contributed by atoms with van der Waals surface area (Å²) < 4.78 is 14.6. The van der Waals surface area contributed by atoms with Crippen molar-refractivity contribution in [1.82, 2.24) is 20.0 Å². The number of H-pyrrole nitrogens is 1. The average molecular weight is 570 g/mol.